The van der Waals surface area contributed by atoms with Gasteiger partial charge in [-0.25, -0.2) is 0 Å². The number of carbonyl (C=O) groups excluding carboxylic acids is 1. The van der Waals surface area contributed by atoms with Gasteiger partial charge in [-0.3, -0.25) is 4.79 Å². The fourth-order valence-electron chi connectivity index (χ4n) is 2.84. The third-order valence-electron chi connectivity index (χ3n) is 4.01. The minimum atomic E-state index is 0.172. The lowest BCUT2D eigenvalue weighted by atomic mass is 9.78. The molecule has 1 unspecified atom stereocenters. The van der Waals surface area contributed by atoms with Crippen LogP contribution in [0.5, 0.6) is 0 Å². The van der Waals surface area contributed by atoms with E-state index in [1.54, 1.807) is 0 Å². The number of hydrogen-bond donors (Lipinski definition) is 0. The van der Waals surface area contributed by atoms with E-state index in [4.69, 9.17) is 0 Å². The van der Waals surface area contributed by atoms with Crippen molar-refractivity contribution in [2.45, 2.75) is 72.6 Å². The number of unbranched alkanes of at least 4 members (excludes halogenated alkanes) is 1. The summed E-state index contributed by atoms with van der Waals surface area (Å²) in [6.07, 6.45) is 9.77. The van der Waals surface area contributed by atoms with Crippen molar-refractivity contribution in [3.05, 3.63) is 22.8 Å². The van der Waals surface area contributed by atoms with Gasteiger partial charge in [-0.05, 0) is 44.6 Å². The van der Waals surface area contributed by atoms with Crippen LogP contribution >= 0.6 is 0 Å². The molecule has 0 aliphatic heterocycles. The van der Waals surface area contributed by atoms with Crippen LogP contribution in [-0.2, 0) is 4.79 Å². The molecule has 0 N–H and O–H groups in total. The van der Waals surface area contributed by atoms with E-state index < -0.39 is 0 Å². The summed E-state index contributed by atoms with van der Waals surface area (Å²) in [6, 6.07) is 0. The Labute approximate surface area is 112 Å². The van der Waals surface area contributed by atoms with Gasteiger partial charge in [0.25, 0.3) is 0 Å². The fraction of sp³-hybridized carbons (Fsp3) is 0.706. The van der Waals surface area contributed by atoms with Crippen molar-refractivity contribution in [1.29, 1.82) is 0 Å². The van der Waals surface area contributed by atoms with Crippen LogP contribution < -0.4 is 0 Å². The Balaban J connectivity index is 2.96. The van der Waals surface area contributed by atoms with E-state index in [-0.39, 0.29) is 5.92 Å². The SMILES string of the molecule is CCCC/C(C)=C/C1=C(CC)CCC(=O)C1CC. The number of carbonyl (C=O) groups is 1. The Morgan fingerprint density at radius 1 is 1.28 bits per heavy atom. The zero-order valence-electron chi connectivity index (χ0n) is 12.5. The molecule has 1 heteroatoms. The van der Waals surface area contributed by atoms with Gasteiger partial charge in [0.15, 0.2) is 0 Å². The maximum absolute atomic E-state index is 12.0. The molecular formula is C17H28O. The number of ketones is 1. The molecule has 1 rings (SSSR count). The largest absolute Gasteiger partial charge is 0.299 e. The average molecular weight is 248 g/mol. The molecule has 18 heavy (non-hydrogen) atoms. The molecule has 1 atom stereocenters. The second-order valence-corrected chi connectivity index (χ2v) is 5.43. The molecule has 0 saturated heterocycles. The van der Waals surface area contributed by atoms with Crippen LogP contribution in [0, 0.1) is 5.92 Å². The van der Waals surface area contributed by atoms with Gasteiger partial charge in [-0.15, -0.1) is 0 Å². The molecule has 102 valence electrons. The first kappa shape index (κ1) is 15.2. The highest BCUT2D eigenvalue weighted by atomic mass is 16.1. The molecular weight excluding hydrogens is 220 g/mol. The second kappa shape index (κ2) is 7.56. The normalized spacial score (nSPS) is 21.7. The van der Waals surface area contributed by atoms with Gasteiger partial charge in [0, 0.05) is 12.3 Å². The van der Waals surface area contributed by atoms with E-state index in [0.717, 1.165) is 25.7 Å². The van der Waals surface area contributed by atoms with Crippen molar-refractivity contribution < 1.29 is 4.79 Å². The maximum Gasteiger partial charge on any atom is 0.140 e. The minimum absolute atomic E-state index is 0.172. The van der Waals surface area contributed by atoms with Crippen molar-refractivity contribution in [2.75, 3.05) is 0 Å². The first-order valence-corrected chi connectivity index (χ1v) is 7.55. The Bertz CT molecular complexity index is 347. The number of hydrogen-bond acceptors (Lipinski definition) is 1. The first-order chi connectivity index (χ1) is 8.63. The van der Waals surface area contributed by atoms with Gasteiger partial charge < -0.3 is 0 Å². The maximum atomic E-state index is 12.0. The molecule has 0 saturated carbocycles. The predicted octanol–water partition coefficient (Wildman–Crippen LogP) is 5.22. The molecule has 1 aliphatic rings. The lowest BCUT2D eigenvalue weighted by Gasteiger charge is -2.25. The van der Waals surface area contributed by atoms with Crippen molar-refractivity contribution in [3.8, 4) is 0 Å². The van der Waals surface area contributed by atoms with Gasteiger partial charge in [0.2, 0.25) is 0 Å². The van der Waals surface area contributed by atoms with E-state index in [2.05, 4.69) is 33.8 Å². The Hall–Kier alpha value is -0.850. The molecule has 1 aliphatic carbocycles. The standard InChI is InChI=1S/C17H28O/c1-5-8-9-13(4)12-16-14(6-2)10-11-17(18)15(16)7-3/h12,15H,5-11H2,1-4H3/b13-12+. The van der Waals surface area contributed by atoms with E-state index in [1.165, 1.54) is 36.0 Å². The first-order valence-electron chi connectivity index (χ1n) is 7.55. The quantitative estimate of drug-likeness (QED) is 0.630. The van der Waals surface area contributed by atoms with Gasteiger partial charge in [0.1, 0.15) is 5.78 Å². The van der Waals surface area contributed by atoms with Crippen molar-refractivity contribution in [2.24, 2.45) is 5.92 Å². The molecule has 1 nitrogen and oxygen atoms in total. The van der Waals surface area contributed by atoms with Crippen LogP contribution in [0.1, 0.15) is 72.6 Å². The third-order valence-corrected chi connectivity index (χ3v) is 4.01. The van der Waals surface area contributed by atoms with Gasteiger partial charge in [-0.1, -0.05) is 44.4 Å². The van der Waals surface area contributed by atoms with Crippen LogP contribution in [0.2, 0.25) is 0 Å². The summed E-state index contributed by atoms with van der Waals surface area (Å²) in [5, 5.41) is 0. The van der Waals surface area contributed by atoms with Crippen LogP contribution in [0.15, 0.2) is 22.8 Å². The summed E-state index contributed by atoms with van der Waals surface area (Å²) in [4.78, 5) is 12.0. The third kappa shape index (κ3) is 3.83. The van der Waals surface area contributed by atoms with Crippen LogP contribution in [-0.4, -0.2) is 5.78 Å². The summed E-state index contributed by atoms with van der Waals surface area (Å²) in [5.41, 5.74) is 4.30. The molecule has 0 aromatic rings. The highest BCUT2D eigenvalue weighted by molar-refractivity contribution is 5.86. The van der Waals surface area contributed by atoms with E-state index in [0.29, 0.717) is 5.78 Å². The molecule has 0 fully saturated rings. The fourth-order valence-corrected chi connectivity index (χ4v) is 2.84. The second-order valence-electron chi connectivity index (χ2n) is 5.43. The topological polar surface area (TPSA) is 17.1 Å². The van der Waals surface area contributed by atoms with Crippen LogP contribution in [0.4, 0.5) is 0 Å². The molecule has 0 aromatic heterocycles. The van der Waals surface area contributed by atoms with Gasteiger partial charge in [-0.2, -0.15) is 0 Å². The van der Waals surface area contributed by atoms with Gasteiger partial charge >= 0.3 is 0 Å². The molecule has 0 radical (unpaired) electrons. The zero-order valence-corrected chi connectivity index (χ0v) is 12.5. The van der Waals surface area contributed by atoms with E-state index >= 15 is 0 Å². The molecule has 0 bridgehead atoms. The van der Waals surface area contributed by atoms with E-state index in [9.17, 15) is 4.79 Å². The number of Topliss-reactive ketones (excluding diaryl/α,β-unsaturated/α-hetero) is 1. The molecule has 0 aromatic carbocycles. The zero-order chi connectivity index (χ0) is 13.5. The highest BCUT2D eigenvalue weighted by Crippen LogP contribution is 2.33. The van der Waals surface area contributed by atoms with Crippen molar-refractivity contribution in [3.63, 3.8) is 0 Å². The number of rotatable bonds is 6. The van der Waals surface area contributed by atoms with Gasteiger partial charge in [0.05, 0.1) is 0 Å². The Morgan fingerprint density at radius 2 is 2.00 bits per heavy atom. The Morgan fingerprint density at radius 3 is 2.56 bits per heavy atom. The lowest BCUT2D eigenvalue weighted by Crippen LogP contribution is -2.21. The van der Waals surface area contributed by atoms with Crippen LogP contribution in [0.3, 0.4) is 0 Å². The Kier molecular flexibility index (Phi) is 6.38. The predicted molar refractivity (Wildman–Crippen MR) is 78.6 cm³/mol. The monoisotopic (exact) mass is 248 g/mol. The van der Waals surface area contributed by atoms with Crippen molar-refractivity contribution >= 4 is 5.78 Å². The minimum Gasteiger partial charge on any atom is -0.299 e. The number of allylic oxidation sites excluding steroid dienone is 4. The van der Waals surface area contributed by atoms with Crippen LogP contribution in [0.25, 0.3) is 0 Å². The molecule has 0 heterocycles. The average Bonchev–Trinajstić information content (AvgIpc) is 2.37. The molecule has 0 spiro atoms. The highest BCUT2D eigenvalue weighted by Gasteiger charge is 2.26. The summed E-state index contributed by atoms with van der Waals surface area (Å²) >= 11 is 0. The molecule has 0 amide bonds. The smallest absolute Gasteiger partial charge is 0.140 e. The summed E-state index contributed by atoms with van der Waals surface area (Å²) in [6.45, 7) is 8.79. The van der Waals surface area contributed by atoms with Crippen molar-refractivity contribution in [1.82, 2.24) is 0 Å². The summed E-state index contributed by atoms with van der Waals surface area (Å²) in [5.74, 6) is 0.620. The lowest BCUT2D eigenvalue weighted by molar-refractivity contribution is -0.122. The summed E-state index contributed by atoms with van der Waals surface area (Å²) in [7, 11) is 0. The summed E-state index contributed by atoms with van der Waals surface area (Å²) < 4.78 is 0. The van der Waals surface area contributed by atoms with E-state index in [1.807, 2.05) is 0 Å².